The molecule has 0 bridgehead atoms. The van der Waals surface area contributed by atoms with Gasteiger partial charge in [-0.25, -0.2) is 0 Å². The van der Waals surface area contributed by atoms with Gasteiger partial charge < -0.3 is 10.6 Å². The summed E-state index contributed by atoms with van der Waals surface area (Å²) in [5.74, 6) is 0.406. The van der Waals surface area contributed by atoms with Crippen molar-refractivity contribution in [3.05, 3.63) is 89.5 Å². The number of rotatable bonds is 6. The molecular formula is C29H36N2. The molecule has 0 amide bonds. The van der Waals surface area contributed by atoms with Crippen LogP contribution >= 0.6 is 0 Å². The van der Waals surface area contributed by atoms with Crippen molar-refractivity contribution >= 4 is 17.1 Å². The van der Waals surface area contributed by atoms with Crippen molar-refractivity contribution in [3.63, 3.8) is 0 Å². The maximum absolute atomic E-state index is 6.42. The summed E-state index contributed by atoms with van der Waals surface area (Å²) < 4.78 is 0. The standard InChI is InChI=1S/C29H36N2/c1-28(2,3)27(20-29(4,5)30)22-14-16-25(17-15-22)31(24-9-7-6-8-10-24)26-18-13-21-11-12-23(21)19-26/h6-10,13-19,27H,11-12,20,30H2,1-5H3. The number of nitrogens with two attached hydrogens (primary N) is 1. The van der Waals surface area contributed by atoms with E-state index in [-0.39, 0.29) is 11.0 Å². The highest BCUT2D eigenvalue weighted by Crippen LogP contribution is 2.42. The van der Waals surface area contributed by atoms with Gasteiger partial charge in [0.1, 0.15) is 0 Å². The third kappa shape index (κ3) is 4.85. The molecule has 0 saturated carbocycles. The number of para-hydroxylation sites is 1. The summed E-state index contributed by atoms with van der Waals surface area (Å²) in [6.45, 7) is 11.2. The fraction of sp³-hybridized carbons (Fsp3) is 0.379. The summed E-state index contributed by atoms with van der Waals surface area (Å²) in [7, 11) is 0. The van der Waals surface area contributed by atoms with E-state index >= 15 is 0 Å². The monoisotopic (exact) mass is 412 g/mol. The molecule has 1 aliphatic rings. The molecule has 0 aromatic heterocycles. The van der Waals surface area contributed by atoms with E-state index in [0.29, 0.717) is 5.92 Å². The van der Waals surface area contributed by atoms with Crippen LogP contribution in [0.5, 0.6) is 0 Å². The highest BCUT2D eigenvalue weighted by molar-refractivity contribution is 5.77. The van der Waals surface area contributed by atoms with Crippen LogP contribution in [0.15, 0.2) is 72.8 Å². The molecule has 2 N–H and O–H groups in total. The number of benzene rings is 3. The zero-order valence-electron chi connectivity index (χ0n) is 19.7. The molecule has 162 valence electrons. The van der Waals surface area contributed by atoms with Crippen molar-refractivity contribution in [1.29, 1.82) is 0 Å². The minimum atomic E-state index is -0.196. The summed E-state index contributed by atoms with van der Waals surface area (Å²) in [6, 6.07) is 26.7. The number of aryl methyl sites for hydroxylation is 2. The lowest BCUT2D eigenvalue weighted by atomic mass is 9.71. The van der Waals surface area contributed by atoms with Gasteiger partial charge in [-0.1, -0.05) is 57.2 Å². The number of fused-ring (bicyclic) bond motifs is 1. The van der Waals surface area contributed by atoms with Crippen LogP contribution in [0.25, 0.3) is 0 Å². The second kappa shape index (κ2) is 8.16. The van der Waals surface area contributed by atoms with E-state index < -0.39 is 0 Å². The first-order chi connectivity index (χ1) is 14.6. The largest absolute Gasteiger partial charge is 0.326 e. The van der Waals surface area contributed by atoms with Crippen molar-refractivity contribution in [1.82, 2.24) is 0 Å². The van der Waals surface area contributed by atoms with Gasteiger partial charge in [-0.3, -0.25) is 0 Å². The van der Waals surface area contributed by atoms with Gasteiger partial charge in [0.2, 0.25) is 0 Å². The summed E-state index contributed by atoms with van der Waals surface area (Å²) in [5, 5.41) is 0. The molecule has 0 heterocycles. The molecule has 0 fully saturated rings. The smallest absolute Gasteiger partial charge is 0.0464 e. The Labute approximate surface area is 188 Å². The van der Waals surface area contributed by atoms with E-state index in [0.717, 1.165) is 6.42 Å². The van der Waals surface area contributed by atoms with E-state index in [4.69, 9.17) is 5.73 Å². The van der Waals surface area contributed by atoms with E-state index in [2.05, 4.69) is 112 Å². The van der Waals surface area contributed by atoms with Crippen LogP contribution < -0.4 is 10.6 Å². The highest BCUT2D eigenvalue weighted by Gasteiger charge is 2.30. The summed E-state index contributed by atoms with van der Waals surface area (Å²) in [5.41, 5.74) is 14.3. The minimum absolute atomic E-state index is 0.152. The van der Waals surface area contributed by atoms with Gasteiger partial charge in [0.05, 0.1) is 0 Å². The topological polar surface area (TPSA) is 29.3 Å². The van der Waals surface area contributed by atoms with Crippen LogP contribution in [-0.4, -0.2) is 5.54 Å². The van der Waals surface area contributed by atoms with E-state index in [9.17, 15) is 0 Å². The first-order valence-electron chi connectivity index (χ1n) is 11.5. The van der Waals surface area contributed by atoms with Gasteiger partial charge in [-0.05, 0) is 97.5 Å². The second-order valence-electron chi connectivity index (χ2n) is 10.8. The summed E-state index contributed by atoms with van der Waals surface area (Å²) in [4.78, 5) is 2.36. The second-order valence-corrected chi connectivity index (χ2v) is 10.8. The van der Waals surface area contributed by atoms with Crippen molar-refractivity contribution < 1.29 is 0 Å². The van der Waals surface area contributed by atoms with Gasteiger partial charge in [0.15, 0.2) is 0 Å². The molecule has 1 atom stereocenters. The van der Waals surface area contributed by atoms with Gasteiger partial charge in [-0.15, -0.1) is 0 Å². The van der Waals surface area contributed by atoms with Gasteiger partial charge in [-0.2, -0.15) is 0 Å². The van der Waals surface area contributed by atoms with Crippen LogP contribution in [-0.2, 0) is 12.8 Å². The Kier molecular flexibility index (Phi) is 5.70. The molecular weight excluding hydrogens is 376 g/mol. The van der Waals surface area contributed by atoms with Gasteiger partial charge in [0, 0.05) is 22.6 Å². The minimum Gasteiger partial charge on any atom is -0.326 e. The molecule has 1 aliphatic carbocycles. The highest BCUT2D eigenvalue weighted by atomic mass is 15.1. The molecule has 4 rings (SSSR count). The third-order valence-corrected chi connectivity index (χ3v) is 6.46. The average Bonchev–Trinajstić information content (AvgIpc) is 2.68. The molecule has 0 saturated heterocycles. The fourth-order valence-electron chi connectivity index (χ4n) is 4.65. The molecule has 0 radical (unpaired) electrons. The van der Waals surface area contributed by atoms with E-state index in [1.807, 2.05) is 0 Å². The molecule has 3 aromatic carbocycles. The molecule has 3 aromatic rings. The third-order valence-electron chi connectivity index (χ3n) is 6.46. The first kappa shape index (κ1) is 21.6. The molecule has 0 aliphatic heterocycles. The Morgan fingerprint density at radius 1 is 0.742 bits per heavy atom. The van der Waals surface area contributed by atoms with Crippen LogP contribution in [0.2, 0.25) is 0 Å². The Hall–Kier alpha value is -2.58. The Balaban J connectivity index is 1.72. The van der Waals surface area contributed by atoms with Crippen LogP contribution in [0.3, 0.4) is 0 Å². The SMILES string of the molecule is CC(C)(N)CC(c1ccc(N(c2ccccc2)c2ccc3c(c2)CC3)cc1)C(C)(C)C. The average molecular weight is 413 g/mol. The maximum Gasteiger partial charge on any atom is 0.0464 e. The summed E-state index contributed by atoms with van der Waals surface area (Å²) in [6.07, 6.45) is 3.36. The zero-order valence-corrected chi connectivity index (χ0v) is 19.7. The predicted octanol–water partition coefficient (Wildman–Crippen LogP) is 7.51. The molecule has 31 heavy (non-hydrogen) atoms. The van der Waals surface area contributed by atoms with Gasteiger partial charge in [0.25, 0.3) is 0 Å². The van der Waals surface area contributed by atoms with Crippen molar-refractivity contribution in [2.24, 2.45) is 11.1 Å². The predicted molar refractivity (Wildman–Crippen MR) is 134 cm³/mol. The van der Waals surface area contributed by atoms with Crippen molar-refractivity contribution in [3.8, 4) is 0 Å². The lowest BCUT2D eigenvalue weighted by Crippen LogP contribution is -2.37. The zero-order chi connectivity index (χ0) is 22.2. The number of hydrogen-bond donors (Lipinski definition) is 1. The molecule has 1 unspecified atom stereocenters. The number of nitrogens with zero attached hydrogens (tertiary/aromatic N) is 1. The number of anilines is 3. The van der Waals surface area contributed by atoms with Gasteiger partial charge >= 0.3 is 0 Å². The normalized spacial score (nSPS) is 14.5. The lowest BCUT2D eigenvalue weighted by Gasteiger charge is -2.36. The maximum atomic E-state index is 6.42. The first-order valence-corrected chi connectivity index (χ1v) is 11.5. The fourth-order valence-corrected chi connectivity index (χ4v) is 4.65. The quantitative estimate of drug-likeness (QED) is 0.454. The van der Waals surface area contributed by atoms with Crippen LogP contribution in [0, 0.1) is 5.41 Å². The van der Waals surface area contributed by atoms with Crippen LogP contribution in [0.1, 0.15) is 63.6 Å². The lowest BCUT2D eigenvalue weighted by molar-refractivity contribution is 0.263. The molecule has 0 spiro atoms. The van der Waals surface area contributed by atoms with Crippen molar-refractivity contribution in [2.45, 2.75) is 65.3 Å². The molecule has 2 heteroatoms. The Bertz CT molecular complexity index is 1020. The summed E-state index contributed by atoms with van der Waals surface area (Å²) >= 11 is 0. The molecule has 2 nitrogen and oxygen atoms in total. The van der Waals surface area contributed by atoms with E-state index in [1.54, 1.807) is 0 Å². The van der Waals surface area contributed by atoms with E-state index in [1.165, 1.54) is 46.6 Å². The Morgan fingerprint density at radius 2 is 1.32 bits per heavy atom. The number of hydrogen-bond acceptors (Lipinski definition) is 2. The van der Waals surface area contributed by atoms with Crippen molar-refractivity contribution in [2.75, 3.05) is 4.90 Å². The Morgan fingerprint density at radius 3 is 1.84 bits per heavy atom. The van der Waals surface area contributed by atoms with Crippen LogP contribution in [0.4, 0.5) is 17.1 Å².